The molecule has 0 fully saturated rings. The van der Waals surface area contributed by atoms with Gasteiger partial charge in [-0.05, 0) is 13.1 Å². The van der Waals surface area contributed by atoms with Gasteiger partial charge in [0.1, 0.15) is 0 Å². The molecule has 5 nitrogen and oxygen atoms in total. The first kappa shape index (κ1) is 17.6. The molecule has 0 aromatic heterocycles. The van der Waals surface area contributed by atoms with E-state index in [-0.39, 0.29) is 5.97 Å². The summed E-state index contributed by atoms with van der Waals surface area (Å²) < 4.78 is 5.85. The molecule has 0 saturated heterocycles. The summed E-state index contributed by atoms with van der Waals surface area (Å²) >= 11 is 0. The molecule has 0 spiro atoms. The van der Waals surface area contributed by atoms with Crippen LogP contribution < -0.4 is 5.32 Å². The highest BCUT2D eigenvalue weighted by molar-refractivity contribution is 5.69. The van der Waals surface area contributed by atoms with Gasteiger partial charge in [-0.3, -0.25) is 9.79 Å². The Morgan fingerprint density at radius 2 is 2.00 bits per heavy atom. The Kier molecular flexibility index (Phi) is 8.87. The second-order valence-corrected chi connectivity index (χ2v) is 5.19. The third kappa shape index (κ3) is 9.25. The monoisotopic (exact) mass is 270 g/mol. The molecule has 0 aromatic carbocycles. The van der Waals surface area contributed by atoms with Gasteiger partial charge in [-0.25, -0.2) is 0 Å². The Labute approximate surface area is 116 Å². The molecule has 0 heterocycles. The Morgan fingerprint density at radius 1 is 1.37 bits per heavy atom. The minimum absolute atomic E-state index is 0.106. The van der Waals surface area contributed by atoms with Crippen LogP contribution in [0, 0.1) is 0 Å². The molecule has 0 amide bonds. The van der Waals surface area contributed by atoms with Crippen LogP contribution >= 0.6 is 0 Å². The zero-order chi connectivity index (χ0) is 14.7. The second kappa shape index (κ2) is 9.55. The number of quaternary nitrogens is 1. The van der Waals surface area contributed by atoms with Gasteiger partial charge < -0.3 is 14.5 Å². The number of nitrogens with one attached hydrogen (secondary N) is 1. The molecule has 19 heavy (non-hydrogen) atoms. The summed E-state index contributed by atoms with van der Waals surface area (Å²) in [6.07, 6.45) is 3.95. The van der Waals surface area contributed by atoms with Crippen LogP contribution in [0.1, 0.15) is 26.2 Å². The number of nitrogens with zero attached hydrogens (tertiary/aromatic N) is 2. The van der Waals surface area contributed by atoms with Crippen molar-refractivity contribution in [1.82, 2.24) is 5.32 Å². The number of aliphatic imine (C=N–C) groups is 1. The average molecular weight is 270 g/mol. The van der Waals surface area contributed by atoms with E-state index in [0.29, 0.717) is 13.0 Å². The Bertz CT molecular complexity index is 312. The van der Waals surface area contributed by atoms with Gasteiger partial charge in [-0.1, -0.05) is 6.92 Å². The van der Waals surface area contributed by atoms with Gasteiger partial charge in [0.25, 0.3) is 0 Å². The maximum atomic E-state index is 11.5. The molecule has 0 aliphatic heterocycles. The van der Waals surface area contributed by atoms with Crippen molar-refractivity contribution in [2.45, 2.75) is 26.2 Å². The van der Waals surface area contributed by atoms with Crippen LogP contribution in [0.3, 0.4) is 0 Å². The van der Waals surface area contributed by atoms with E-state index in [1.165, 1.54) is 0 Å². The fraction of sp³-hybridized carbons (Fsp3) is 0.714. The Hall–Kier alpha value is -1.36. The predicted molar refractivity (Wildman–Crippen MR) is 79.0 cm³/mol. The van der Waals surface area contributed by atoms with Crippen LogP contribution in [0.15, 0.2) is 16.9 Å². The lowest BCUT2D eigenvalue weighted by Crippen LogP contribution is -2.42. The molecule has 0 aliphatic rings. The minimum Gasteiger partial charge on any atom is -0.466 e. The molecular weight excluding hydrogens is 242 g/mol. The molecule has 0 bridgehead atoms. The topological polar surface area (TPSA) is 50.7 Å². The maximum absolute atomic E-state index is 11.5. The molecule has 0 unspecified atom stereocenters. The SMILES string of the molecule is C=N/C=C(/CC[N+](C)(C)CCC(=O)OCCC)NC. The van der Waals surface area contributed by atoms with Crippen molar-refractivity contribution < 1.29 is 14.0 Å². The molecule has 0 aromatic rings. The number of esters is 1. The fourth-order valence-electron chi connectivity index (χ4n) is 1.58. The van der Waals surface area contributed by atoms with Gasteiger partial charge in [0.05, 0.1) is 40.2 Å². The molecular formula is C14H28N3O2+. The third-order valence-corrected chi connectivity index (χ3v) is 2.94. The zero-order valence-corrected chi connectivity index (χ0v) is 12.7. The van der Waals surface area contributed by atoms with Crippen LogP contribution in [-0.4, -0.2) is 58.0 Å². The van der Waals surface area contributed by atoms with Crippen molar-refractivity contribution in [2.75, 3.05) is 40.8 Å². The summed E-state index contributed by atoms with van der Waals surface area (Å²) in [6.45, 7) is 7.67. The lowest BCUT2D eigenvalue weighted by atomic mass is 10.2. The van der Waals surface area contributed by atoms with Crippen molar-refractivity contribution in [1.29, 1.82) is 0 Å². The van der Waals surface area contributed by atoms with Crippen molar-refractivity contribution in [3.05, 3.63) is 11.9 Å². The van der Waals surface area contributed by atoms with E-state index in [4.69, 9.17) is 4.74 Å². The fourth-order valence-corrected chi connectivity index (χ4v) is 1.58. The lowest BCUT2D eigenvalue weighted by molar-refractivity contribution is -0.889. The van der Waals surface area contributed by atoms with E-state index in [2.05, 4.69) is 31.1 Å². The molecule has 0 rings (SSSR count). The van der Waals surface area contributed by atoms with Crippen LogP contribution in [0.2, 0.25) is 0 Å². The number of carbonyl (C=O) groups is 1. The summed E-state index contributed by atoms with van der Waals surface area (Å²) in [4.78, 5) is 15.2. The van der Waals surface area contributed by atoms with E-state index in [9.17, 15) is 4.79 Å². The van der Waals surface area contributed by atoms with Gasteiger partial charge >= 0.3 is 5.97 Å². The number of hydrogen-bond donors (Lipinski definition) is 1. The highest BCUT2D eigenvalue weighted by Gasteiger charge is 2.18. The van der Waals surface area contributed by atoms with Crippen LogP contribution in [0.4, 0.5) is 0 Å². The maximum Gasteiger partial charge on any atom is 0.311 e. The first-order chi connectivity index (χ1) is 8.95. The summed E-state index contributed by atoms with van der Waals surface area (Å²) in [5, 5.41) is 3.09. The summed E-state index contributed by atoms with van der Waals surface area (Å²) in [7, 11) is 6.10. The standard InChI is InChI=1S/C14H28N3O2/c1-6-11-19-14(18)8-10-17(4,5)9-7-13(16-3)12-15-2/h12,16H,2,6-11H2,1,3-5H3/q+1/b13-12-. The summed E-state index contributed by atoms with van der Waals surface area (Å²) in [6, 6.07) is 0. The smallest absolute Gasteiger partial charge is 0.311 e. The predicted octanol–water partition coefficient (Wildman–Crippen LogP) is 1.56. The number of ether oxygens (including phenoxy) is 1. The van der Waals surface area contributed by atoms with E-state index < -0.39 is 0 Å². The van der Waals surface area contributed by atoms with Crippen molar-refractivity contribution in [3.8, 4) is 0 Å². The average Bonchev–Trinajstić information content (AvgIpc) is 2.39. The van der Waals surface area contributed by atoms with Crippen molar-refractivity contribution in [2.24, 2.45) is 4.99 Å². The molecule has 0 saturated carbocycles. The Morgan fingerprint density at radius 3 is 2.53 bits per heavy atom. The highest BCUT2D eigenvalue weighted by atomic mass is 16.5. The van der Waals surface area contributed by atoms with E-state index >= 15 is 0 Å². The third-order valence-electron chi connectivity index (χ3n) is 2.94. The second-order valence-electron chi connectivity index (χ2n) is 5.19. The molecule has 0 radical (unpaired) electrons. The number of carbonyl (C=O) groups excluding carboxylic acids is 1. The largest absolute Gasteiger partial charge is 0.466 e. The molecule has 5 heteroatoms. The van der Waals surface area contributed by atoms with E-state index in [0.717, 1.165) is 36.1 Å². The van der Waals surface area contributed by atoms with Crippen LogP contribution in [0.5, 0.6) is 0 Å². The molecule has 110 valence electrons. The van der Waals surface area contributed by atoms with Gasteiger partial charge in [0, 0.05) is 25.4 Å². The first-order valence-corrected chi connectivity index (χ1v) is 6.75. The summed E-state index contributed by atoms with van der Waals surface area (Å²) in [5.74, 6) is -0.106. The van der Waals surface area contributed by atoms with Gasteiger partial charge in [-0.2, -0.15) is 0 Å². The number of rotatable bonds is 10. The van der Waals surface area contributed by atoms with Crippen molar-refractivity contribution >= 4 is 12.7 Å². The van der Waals surface area contributed by atoms with Gasteiger partial charge in [0.15, 0.2) is 0 Å². The van der Waals surface area contributed by atoms with Crippen LogP contribution in [0.25, 0.3) is 0 Å². The number of hydrogen-bond acceptors (Lipinski definition) is 4. The van der Waals surface area contributed by atoms with Gasteiger partial charge in [0.2, 0.25) is 0 Å². The zero-order valence-electron chi connectivity index (χ0n) is 12.7. The molecule has 1 N–H and O–H groups in total. The van der Waals surface area contributed by atoms with Crippen molar-refractivity contribution in [3.63, 3.8) is 0 Å². The molecule has 0 atom stereocenters. The normalized spacial score (nSPS) is 12.1. The Balaban J connectivity index is 4.07. The lowest BCUT2D eigenvalue weighted by Gasteiger charge is -2.29. The van der Waals surface area contributed by atoms with E-state index in [1.807, 2.05) is 14.0 Å². The highest BCUT2D eigenvalue weighted by Crippen LogP contribution is 2.06. The quantitative estimate of drug-likeness (QED) is 0.372. The molecule has 0 aliphatic carbocycles. The minimum atomic E-state index is -0.106. The van der Waals surface area contributed by atoms with Gasteiger partial charge in [-0.15, -0.1) is 0 Å². The summed E-state index contributed by atoms with van der Waals surface area (Å²) in [5.41, 5.74) is 1.05. The van der Waals surface area contributed by atoms with E-state index in [1.54, 1.807) is 6.20 Å². The first-order valence-electron chi connectivity index (χ1n) is 6.75. The van der Waals surface area contributed by atoms with Crippen LogP contribution in [-0.2, 0) is 9.53 Å².